The Balaban J connectivity index is 1.86. The van der Waals surface area contributed by atoms with Crippen molar-refractivity contribution in [1.82, 2.24) is 10.3 Å². The van der Waals surface area contributed by atoms with Crippen molar-refractivity contribution < 1.29 is 13.9 Å². The second-order valence-electron chi connectivity index (χ2n) is 5.22. The molecule has 0 aliphatic carbocycles. The minimum atomic E-state index is -0.495. The number of para-hydroxylation sites is 1. The standard InChI is InChI=1S/C18H15FN2O3/c1-24-15-4-2-3-13-16(15)20-10-14(17(13)22)18(23)21-9-11-5-7-12(19)8-6-11/h2-8,10H,9H2,1H3,(H,20,22)(H,21,23). The van der Waals surface area contributed by atoms with E-state index in [1.807, 2.05) is 0 Å². The van der Waals surface area contributed by atoms with Crippen molar-refractivity contribution >= 4 is 16.8 Å². The van der Waals surface area contributed by atoms with Crippen LogP contribution in [0.2, 0.25) is 0 Å². The molecule has 3 rings (SSSR count). The monoisotopic (exact) mass is 326 g/mol. The average molecular weight is 326 g/mol. The van der Waals surface area contributed by atoms with Crippen LogP contribution in [0.1, 0.15) is 15.9 Å². The van der Waals surface area contributed by atoms with Gasteiger partial charge in [-0.3, -0.25) is 9.59 Å². The van der Waals surface area contributed by atoms with Gasteiger partial charge in [0.1, 0.15) is 17.1 Å². The van der Waals surface area contributed by atoms with E-state index in [1.165, 1.54) is 25.4 Å². The lowest BCUT2D eigenvalue weighted by Crippen LogP contribution is -2.28. The molecule has 3 aromatic rings. The second kappa shape index (κ2) is 6.54. The Kier molecular flexibility index (Phi) is 4.29. The number of benzene rings is 2. The summed E-state index contributed by atoms with van der Waals surface area (Å²) in [4.78, 5) is 27.7. The molecule has 0 bridgehead atoms. The van der Waals surface area contributed by atoms with E-state index in [4.69, 9.17) is 4.74 Å². The second-order valence-corrected chi connectivity index (χ2v) is 5.22. The molecule has 0 spiro atoms. The number of carbonyl (C=O) groups excluding carboxylic acids is 1. The van der Waals surface area contributed by atoms with Gasteiger partial charge >= 0.3 is 0 Å². The van der Waals surface area contributed by atoms with E-state index in [9.17, 15) is 14.0 Å². The van der Waals surface area contributed by atoms with Crippen LogP contribution in [0.5, 0.6) is 5.75 Å². The van der Waals surface area contributed by atoms with Gasteiger partial charge in [-0.15, -0.1) is 0 Å². The van der Waals surface area contributed by atoms with Crippen molar-refractivity contribution in [3.8, 4) is 5.75 Å². The van der Waals surface area contributed by atoms with Crippen molar-refractivity contribution in [2.45, 2.75) is 6.54 Å². The molecule has 6 heteroatoms. The molecule has 0 aliphatic heterocycles. The fourth-order valence-corrected chi connectivity index (χ4v) is 2.44. The maximum atomic E-state index is 12.9. The van der Waals surface area contributed by atoms with Crippen molar-refractivity contribution in [1.29, 1.82) is 0 Å². The Hall–Kier alpha value is -3.15. The summed E-state index contributed by atoms with van der Waals surface area (Å²) in [5.74, 6) is -0.307. The van der Waals surface area contributed by atoms with Gasteiger partial charge in [0.05, 0.1) is 18.0 Å². The smallest absolute Gasteiger partial charge is 0.257 e. The number of halogens is 1. The lowest BCUT2D eigenvalue weighted by atomic mass is 10.1. The Morgan fingerprint density at radius 3 is 2.67 bits per heavy atom. The molecule has 0 aliphatic rings. The highest BCUT2D eigenvalue weighted by Crippen LogP contribution is 2.20. The van der Waals surface area contributed by atoms with Crippen LogP contribution >= 0.6 is 0 Å². The summed E-state index contributed by atoms with van der Waals surface area (Å²) >= 11 is 0. The number of carbonyl (C=O) groups is 1. The molecule has 0 unspecified atom stereocenters. The summed E-state index contributed by atoms with van der Waals surface area (Å²) in [7, 11) is 1.51. The number of amides is 1. The van der Waals surface area contributed by atoms with E-state index in [0.717, 1.165) is 5.56 Å². The summed E-state index contributed by atoms with van der Waals surface area (Å²) in [6.07, 6.45) is 1.37. The highest BCUT2D eigenvalue weighted by Gasteiger charge is 2.14. The third-order valence-corrected chi connectivity index (χ3v) is 3.71. The van der Waals surface area contributed by atoms with Crippen LogP contribution in [-0.4, -0.2) is 18.0 Å². The fourth-order valence-electron chi connectivity index (χ4n) is 2.44. The van der Waals surface area contributed by atoms with E-state index < -0.39 is 5.91 Å². The van der Waals surface area contributed by atoms with Gasteiger partial charge in [0, 0.05) is 12.7 Å². The molecule has 24 heavy (non-hydrogen) atoms. The molecule has 0 fully saturated rings. The highest BCUT2D eigenvalue weighted by atomic mass is 19.1. The van der Waals surface area contributed by atoms with Gasteiger partial charge in [-0.1, -0.05) is 18.2 Å². The Bertz CT molecular complexity index is 949. The zero-order chi connectivity index (χ0) is 17.1. The van der Waals surface area contributed by atoms with Crippen molar-refractivity contribution in [3.63, 3.8) is 0 Å². The molecule has 2 aromatic carbocycles. The van der Waals surface area contributed by atoms with Crippen LogP contribution in [0.25, 0.3) is 10.9 Å². The van der Waals surface area contributed by atoms with Crippen molar-refractivity contribution in [2.75, 3.05) is 7.11 Å². The van der Waals surface area contributed by atoms with Gasteiger partial charge in [-0.05, 0) is 29.8 Å². The van der Waals surface area contributed by atoms with Crippen LogP contribution in [0.4, 0.5) is 4.39 Å². The van der Waals surface area contributed by atoms with Gasteiger partial charge < -0.3 is 15.0 Å². The molecular formula is C18H15FN2O3. The van der Waals surface area contributed by atoms with Gasteiger partial charge in [0.15, 0.2) is 0 Å². The molecule has 0 saturated heterocycles. The predicted octanol–water partition coefficient (Wildman–Crippen LogP) is 2.61. The Morgan fingerprint density at radius 2 is 1.96 bits per heavy atom. The van der Waals surface area contributed by atoms with Gasteiger partial charge in [0.25, 0.3) is 5.91 Å². The first-order chi connectivity index (χ1) is 11.6. The topological polar surface area (TPSA) is 71.2 Å². The van der Waals surface area contributed by atoms with Crippen LogP contribution < -0.4 is 15.5 Å². The van der Waals surface area contributed by atoms with E-state index in [1.54, 1.807) is 30.3 Å². The zero-order valence-electron chi connectivity index (χ0n) is 12.9. The Labute approximate surface area is 137 Å². The van der Waals surface area contributed by atoms with Crippen LogP contribution in [0.15, 0.2) is 53.5 Å². The van der Waals surface area contributed by atoms with Gasteiger partial charge in [-0.2, -0.15) is 0 Å². The number of H-pyrrole nitrogens is 1. The molecule has 1 aromatic heterocycles. The van der Waals surface area contributed by atoms with Crippen molar-refractivity contribution in [3.05, 3.63) is 75.8 Å². The van der Waals surface area contributed by atoms with Gasteiger partial charge in [0.2, 0.25) is 5.43 Å². The minimum Gasteiger partial charge on any atom is -0.495 e. The predicted molar refractivity (Wildman–Crippen MR) is 88.7 cm³/mol. The summed E-state index contributed by atoms with van der Waals surface area (Å²) in [5, 5.41) is 3.03. The van der Waals surface area contributed by atoms with Crippen LogP contribution in [0, 0.1) is 5.82 Å². The average Bonchev–Trinajstić information content (AvgIpc) is 2.61. The third-order valence-electron chi connectivity index (χ3n) is 3.71. The first kappa shape index (κ1) is 15.7. The lowest BCUT2D eigenvalue weighted by molar-refractivity contribution is 0.0949. The quantitative estimate of drug-likeness (QED) is 0.774. The highest BCUT2D eigenvalue weighted by molar-refractivity contribution is 5.97. The summed E-state index contributed by atoms with van der Waals surface area (Å²) < 4.78 is 18.1. The molecular weight excluding hydrogens is 311 g/mol. The lowest BCUT2D eigenvalue weighted by Gasteiger charge is -2.08. The fraction of sp³-hybridized carbons (Fsp3) is 0.111. The number of hydrogen-bond acceptors (Lipinski definition) is 3. The number of aromatic amines is 1. The molecule has 0 radical (unpaired) electrons. The molecule has 122 valence electrons. The Morgan fingerprint density at radius 1 is 1.21 bits per heavy atom. The third kappa shape index (κ3) is 2.99. The number of nitrogens with one attached hydrogen (secondary N) is 2. The molecule has 1 heterocycles. The van der Waals surface area contributed by atoms with E-state index in [-0.39, 0.29) is 23.4 Å². The number of aromatic nitrogens is 1. The SMILES string of the molecule is COc1cccc2c(=O)c(C(=O)NCc3ccc(F)cc3)c[nH]c12. The number of ether oxygens (including phenoxy) is 1. The van der Waals surface area contributed by atoms with E-state index in [2.05, 4.69) is 10.3 Å². The van der Waals surface area contributed by atoms with Gasteiger partial charge in [-0.25, -0.2) is 4.39 Å². The largest absolute Gasteiger partial charge is 0.495 e. The number of hydrogen-bond donors (Lipinski definition) is 2. The summed E-state index contributed by atoms with van der Waals surface area (Å²) in [6, 6.07) is 10.8. The van der Waals surface area contributed by atoms with Crippen LogP contribution in [0.3, 0.4) is 0 Å². The molecule has 5 nitrogen and oxygen atoms in total. The zero-order valence-corrected chi connectivity index (χ0v) is 12.9. The summed E-state index contributed by atoms with van der Waals surface area (Å²) in [5.41, 5.74) is 0.917. The summed E-state index contributed by atoms with van der Waals surface area (Å²) in [6.45, 7) is 0.203. The first-order valence-corrected chi connectivity index (χ1v) is 7.31. The normalized spacial score (nSPS) is 10.6. The van der Waals surface area contributed by atoms with E-state index in [0.29, 0.717) is 16.7 Å². The van der Waals surface area contributed by atoms with Crippen LogP contribution in [-0.2, 0) is 6.54 Å². The first-order valence-electron chi connectivity index (χ1n) is 7.31. The number of methoxy groups -OCH3 is 1. The maximum Gasteiger partial charge on any atom is 0.257 e. The minimum absolute atomic E-state index is 0.0119. The molecule has 1 amide bonds. The van der Waals surface area contributed by atoms with Crippen molar-refractivity contribution in [2.24, 2.45) is 0 Å². The molecule has 2 N–H and O–H groups in total. The maximum absolute atomic E-state index is 12.9. The number of pyridine rings is 1. The number of fused-ring (bicyclic) bond motifs is 1. The van der Waals surface area contributed by atoms with E-state index >= 15 is 0 Å². The molecule has 0 atom stereocenters. The number of rotatable bonds is 4. The molecule has 0 saturated carbocycles.